The number of allylic oxidation sites excluding steroid dienone is 1. The number of hydrogen-bond acceptors (Lipinski definition) is 4. The summed E-state index contributed by atoms with van der Waals surface area (Å²) in [5.41, 5.74) is -1.69. The smallest absolute Gasteiger partial charge is 0.411 e. The van der Waals surface area contributed by atoms with Gasteiger partial charge >= 0.3 is 12.1 Å². The van der Waals surface area contributed by atoms with Crippen molar-refractivity contribution in [2.45, 2.75) is 51.9 Å². The Morgan fingerprint density at radius 1 is 1.50 bits per heavy atom. The first-order valence-electron chi connectivity index (χ1n) is 6.54. The Hall–Kier alpha value is -1.56. The average molecular weight is 285 g/mol. The van der Waals surface area contributed by atoms with E-state index >= 15 is 0 Å². The lowest BCUT2D eigenvalue weighted by Crippen LogP contribution is -2.49. The molecule has 6 heteroatoms. The molecule has 0 aromatic heterocycles. The van der Waals surface area contributed by atoms with Crippen LogP contribution in [0.4, 0.5) is 4.79 Å². The van der Waals surface area contributed by atoms with Crippen LogP contribution in [0, 0.1) is 5.41 Å². The molecule has 0 unspecified atom stereocenters. The van der Waals surface area contributed by atoms with E-state index in [2.05, 4.69) is 6.58 Å². The first-order chi connectivity index (χ1) is 9.03. The highest BCUT2D eigenvalue weighted by atomic mass is 16.6. The molecular formula is C14H23NO5. The summed E-state index contributed by atoms with van der Waals surface area (Å²) in [5, 5.41) is 19.6. The van der Waals surface area contributed by atoms with Crippen molar-refractivity contribution in [3.63, 3.8) is 0 Å². The molecule has 6 nitrogen and oxygen atoms in total. The van der Waals surface area contributed by atoms with Crippen molar-refractivity contribution in [2.75, 3.05) is 6.54 Å². The van der Waals surface area contributed by atoms with Crippen LogP contribution in [-0.2, 0) is 9.53 Å². The Morgan fingerprint density at radius 3 is 2.45 bits per heavy atom. The van der Waals surface area contributed by atoms with E-state index in [4.69, 9.17) is 4.74 Å². The lowest BCUT2D eigenvalue weighted by Gasteiger charge is -2.33. The van der Waals surface area contributed by atoms with Crippen LogP contribution in [0.3, 0.4) is 0 Å². The van der Waals surface area contributed by atoms with Gasteiger partial charge in [-0.25, -0.2) is 9.59 Å². The highest BCUT2D eigenvalue weighted by molar-refractivity contribution is 5.82. The number of carboxylic acids is 1. The number of β-amino-alcohol motifs (C(OH)–C–C–N with tert-alkyl or cyclic N) is 1. The molecular weight excluding hydrogens is 262 g/mol. The predicted octanol–water partition coefficient (Wildman–Crippen LogP) is 1.63. The molecule has 0 spiro atoms. The monoisotopic (exact) mass is 285 g/mol. The molecule has 1 saturated heterocycles. The number of aliphatic hydroxyl groups excluding tert-OH is 1. The maximum atomic E-state index is 12.1. The molecule has 0 bridgehead atoms. The van der Waals surface area contributed by atoms with Crippen molar-refractivity contribution < 1.29 is 24.5 Å². The van der Waals surface area contributed by atoms with Crippen molar-refractivity contribution in [3.05, 3.63) is 12.7 Å². The fourth-order valence-electron chi connectivity index (χ4n) is 2.51. The number of carbonyl (C=O) groups excluding carboxylic acids is 1. The summed E-state index contributed by atoms with van der Waals surface area (Å²) < 4.78 is 5.21. The average Bonchev–Trinajstić information content (AvgIpc) is 2.49. The Kier molecular flexibility index (Phi) is 4.49. The maximum Gasteiger partial charge on any atom is 0.411 e. The molecule has 0 aliphatic carbocycles. The lowest BCUT2D eigenvalue weighted by molar-refractivity contribution is -0.146. The van der Waals surface area contributed by atoms with Gasteiger partial charge in [-0.05, 0) is 27.2 Å². The van der Waals surface area contributed by atoms with Gasteiger partial charge in [-0.2, -0.15) is 0 Å². The third-order valence-corrected chi connectivity index (χ3v) is 3.51. The van der Waals surface area contributed by atoms with Gasteiger partial charge in [0.2, 0.25) is 0 Å². The largest absolute Gasteiger partial charge is 0.480 e. The second kappa shape index (κ2) is 5.44. The fraction of sp³-hybridized carbons (Fsp3) is 0.714. The fourth-order valence-corrected chi connectivity index (χ4v) is 2.51. The number of aliphatic hydroxyl groups is 1. The predicted molar refractivity (Wildman–Crippen MR) is 73.3 cm³/mol. The number of likely N-dealkylation sites (tertiary alicyclic amines) is 1. The first-order valence-corrected chi connectivity index (χ1v) is 6.54. The molecule has 114 valence electrons. The van der Waals surface area contributed by atoms with Gasteiger partial charge in [-0.3, -0.25) is 4.90 Å². The van der Waals surface area contributed by atoms with E-state index in [1.165, 1.54) is 0 Å². The highest BCUT2D eigenvalue weighted by Gasteiger charge is 2.56. The number of amides is 1. The van der Waals surface area contributed by atoms with Gasteiger partial charge in [0.15, 0.2) is 0 Å². The lowest BCUT2D eigenvalue weighted by atomic mass is 9.77. The normalized spacial score (nSPS) is 30.1. The zero-order chi connectivity index (χ0) is 15.7. The molecule has 1 aliphatic heterocycles. The third kappa shape index (κ3) is 3.12. The molecule has 1 rings (SSSR count). The number of hydrogen-bond donors (Lipinski definition) is 2. The maximum absolute atomic E-state index is 12.1. The van der Waals surface area contributed by atoms with E-state index in [1.807, 2.05) is 0 Å². The molecule has 0 aromatic rings. The molecule has 1 fully saturated rings. The Morgan fingerprint density at radius 2 is 2.05 bits per heavy atom. The quantitative estimate of drug-likeness (QED) is 0.770. The molecule has 1 heterocycles. The van der Waals surface area contributed by atoms with E-state index in [1.54, 1.807) is 33.8 Å². The summed E-state index contributed by atoms with van der Waals surface area (Å²) in [4.78, 5) is 24.7. The molecule has 1 aliphatic rings. The SMILES string of the molecule is C=CC[C@]1(C)[C@@H](O)CN(C(=O)OC(C)(C)C)[C@@H]1C(=O)O. The van der Waals surface area contributed by atoms with Crippen LogP contribution >= 0.6 is 0 Å². The van der Waals surface area contributed by atoms with Gasteiger partial charge in [-0.15, -0.1) is 6.58 Å². The summed E-state index contributed by atoms with van der Waals surface area (Å²) in [5.74, 6) is -1.16. The van der Waals surface area contributed by atoms with Crippen molar-refractivity contribution >= 4 is 12.1 Å². The van der Waals surface area contributed by atoms with Crippen LogP contribution in [0.15, 0.2) is 12.7 Å². The Bertz CT molecular complexity index is 414. The molecule has 3 atom stereocenters. The van der Waals surface area contributed by atoms with Gasteiger partial charge in [0, 0.05) is 5.41 Å². The second-order valence-corrected chi connectivity index (χ2v) is 6.39. The number of aliphatic carboxylic acids is 1. The van der Waals surface area contributed by atoms with Crippen LogP contribution in [0.2, 0.25) is 0 Å². The van der Waals surface area contributed by atoms with Crippen LogP contribution in [0.25, 0.3) is 0 Å². The number of nitrogens with zero attached hydrogens (tertiary/aromatic N) is 1. The zero-order valence-electron chi connectivity index (χ0n) is 12.4. The molecule has 0 saturated carbocycles. The summed E-state index contributed by atoms with van der Waals surface area (Å²) in [6.07, 6.45) is 0.188. The van der Waals surface area contributed by atoms with Crippen LogP contribution in [0.1, 0.15) is 34.1 Å². The van der Waals surface area contributed by atoms with Crippen molar-refractivity contribution in [3.8, 4) is 0 Å². The highest BCUT2D eigenvalue weighted by Crippen LogP contribution is 2.41. The van der Waals surface area contributed by atoms with Crippen molar-refractivity contribution in [2.24, 2.45) is 5.41 Å². The van der Waals surface area contributed by atoms with E-state index in [0.29, 0.717) is 6.42 Å². The van der Waals surface area contributed by atoms with E-state index in [0.717, 1.165) is 4.90 Å². The van der Waals surface area contributed by atoms with Gasteiger partial charge < -0.3 is 14.9 Å². The van der Waals surface area contributed by atoms with Crippen molar-refractivity contribution in [1.29, 1.82) is 0 Å². The van der Waals surface area contributed by atoms with Crippen LogP contribution in [-0.4, -0.2) is 51.5 Å². The minimum Gasteiger partial charge on any atom is -0.480 e. The van der Waals surface area contributed by atoms with Gasteiger partial charge in [0.25, 0.3) is 0 Å². The number of ether oxygens (including phenoxy) is 1. The van der Waals surface area contributed by atoms with Gasteiger partial charge in [0.05, 0.1) is 12.6 Å². The summed E-state index contributed by atoms with van der Waals surface area (Å²) in [7, 11) is 0. The first kappa shape index (κ1) is 16.5. The molecule has 1 amide bonds. The van der Waals surface area contributed by atoms with Crippen LogP contribution < -0.4 is 0 Å². The van der Waals surface area contributed by atoms with E-state index < -0.39 is 35.2 Å². The Balaban J connectivity index is 3.06. The standard InChI is InChI=1S/C14H23NO5/c1-6-7-14(5)9(16)8-15(10(14)11(17)18)12(19)20-13(2,3)4/h6,9-10,16H,1,7-8H2,2-5H3,(H,17,18)/t9-,10+,14+/m0/s1. The summed E-state index contributed by atoms with van der Waals surface area (Å²) in [6.45, 7) is 10.3. The number of rotatable bonds is 3. The summed E-state index contributed by atoms with van der Waals surface area (Å²) in [6, 6.07) is -1.13. The molecule has 0 radical (unpaired) electrons. The summed E-state index contributed by atoms with van der Waals surface area (Å²) >= 11 is 0. The topological polar surface area (TPSA) is 87.1 Å². The second-order valence-electron chi connectivity index (χ2n) is 6.39. The van der Waals surface area contributed by atoms with Crippen LogP contribution in [0.5, 0.6) is 0 Å². The van der Waals surface area contributed by atoms with E-state index in [9.17, 15) is 19.8 Å². The van der Waals surface area contributed by atoms with Gasteiger partial charge in [-0.1, -0.05) is 13.0 Å². The minimum absolute atomic E-state index is 0.0593. The zero-order valence-corrected chi connectivity index (χ0v) is 12.4. The van der Waals surface area contributed by atoms with Crippen molar-refractivity contribution in [1.82, 2.24) is 4.90 Å². The third-order valence-electron chi connectivity index (χ3n) is 3.51. The van der Waals surface area contributed by atoms with E-state index in [-0.39, 0.29) is 6.54 Å². The molecule has 0 aromatic carbocycles. The number of carboxylic acid groups (broad SMARTS) is 1. The molecule has 2 N–H and O–H groups in total. The minimum atomic E-state index is -1.16. The Labute approximate surface area is 119 Å². The number of carbonyl (C=O) groups is 2. The molecule has 20 heavy (non-hydrogen) atoms. The van der Waals surface area contributed by atoms with Gasteiger partial charge in [0.1, 0.15) is 11.6 Å².